The third kappa shape index (κ3) is 1.93. The smallest absolute Gasteiger partial charge is 0.247 e. The molecule has 0 aliphatic carbocycles. The minimum atomic E-state index is -0.617. The molecule has 0 bridgehead atoms. The molecule has 0 fully saturated rings. The van der Waals surface area contributed by atoms with Crippen LogP contribution >= 0.6 is 11.8 Å². The van der Waals surface area contributed by atoms with Crippen LogP contribution in [-0.2, 0) is 9.54 Å². The highest BCUT2D eigenvalue weighted by Crippen LogP contribution is 2.49. The zero-order valence-electron chi connectivity index (χ0n) is 11.2. The van der Waals surface area contributed by atoms with Gasteiger partial charge in [0, 0.05) is 16.9 Å². The van der Waals surface area contributed by atoms with Crippen molar-refractivity contribution in [1.82, 2.24) is 0 Å². The third-order valence-corrected chi connectivity index (χ3v) is 5.03. The molecule has 1 unspecified atom stereocenters. The Morgan fingerprint density at radius 1 is 1.10 bits per heavy atom. The normalized spacial score (nSPS) is 22.9. The first-order valence-corrected chi connectivity index (χ1v) is 7.56. The monoisotopic (exact) mass is 295 g/mol. The number of amides is 1. The van der Waals surface area contributed by atoms with Gasteiger partial charge >= 0.3 is 0 Å². The Kier molecular flexibility index (Phi) is 2.75. The van der Waals surface area contributed by atoms with Crippen LogP contribution in [0.5, 0.6) is 0 Å². The molecule has 4 nitrogen and oxygen atoms in total. The van der Waals surface area contributed by atoms with Crippen molar-refractivity contribution in [3.05, 3.63) is 60.2 Å². The molecule has 0 radical (unpaired) electrons. The van der Waals surface area contributed by atoms with E-state index in [2.05, 4.69) is 15.6 Å². The molecule has 1 amide bonds. The number of thioether (sulfide) groups is 1. The summed E-state index contributed by atoms with van der Waals surface area (Å²) in [4.78, 5) is 16.9. The van der Waals surface area contributed by atoms with Gasteiger partial charge in [0.15, 0.2) is 5.17 Å². The van der Waals surface area contributed by atoms with Crippen molar-refractivity contribution >= 4 is 34.2 Å². The standard InChI is InChI=1S/C16H13N3OS/c20-14-16(12-8-4-5-9-13(12)19-14)10-17-15(21-16)18-11-6-2-1-3-7-11/h1-9H,10H2,(H,17,18)(H,19,20). The third-order valence-electron chi connectivity index (χ3n) is 3.72. The fourth-order valence-corrected chi connectivity index (χ4v) is 3.86. The van der Waals surface area contributed by atoms with Gasteiger partial charge in [0.1, 0.15) is 4.75 Å². The number of hydrogen-bond donors (Lipinski definition) is 2. The van der Waals surface area contributed by atoms with E-state index >= 15 is 0 Å². The average Bonchev–Trinajstić information content (AvgIpc) is 3.05. The number of carbonyl (C=O) groups is 1. The van der Waals surface area contributed by atoms with Crippen molar-refractivity contribution in [2.24, 2.45) is 4.99 Å². The maximum atomic E-state index is 12.4. The predicted molar refractivity (Wildman–Crippen MR) is 86.7 cm³/mol. The molecule has 104 valence electrons. The highest BCUT2D eigenvalue weighted by Gasteiger charge is 2.51. The Morgan fingerprint density at radius 2 is 1.86 bits per heavy atom. The number of carbonyl (C=O) groups excluding carboxylic acids is 1. The maximum Gasteiger partial charge on any atom is 0.247 e. The highest BCUT2D eigenvalue weighted by molar-refractivity contribution is 8.15. The number of aliphatic imine (C=N–C) groups is 1. The maximum absolute atomic E-state index is 12.4. The van der Waals surface area contributed by atoms with Gasteiger partial charge in [-0.1, -0.05) is 48.2 Å². The molecule has 4 rings (SSSR count). The molecule has 2 aromatic carbocycles. The molecule has 0 aromatic heterocycles. The second kappa shape index (κ2) is 4.63. The number of para-hydroxylation sites is 2. The van der Waals surface area contributed by atoms with E-state index in [-0.39, 0.29) is 5.91 Å². The van der Waals surface area contributed by atoms with Crippen LogP contribution < -0.4 is 10.6 Å². The molecule has 1 spiro atoms. The van der Waals surface area contributed by atoms with Crippen LogP contribution in [0.3, 0.4) is 0 Å². The van der Waals surface area contributed by atoms with Gasteiger partial charge in [-0.05, 0) is 18.2 Å². The number of fused-ring (bicyclic) bond motifs is 2. The fourth-order valence-electron chi connectivity index (χ4n) is 2.67. The molecular formula is C16H13N3OS. The summed E-state index contributed by atoms with van der Waals surface area (Å²) in [5, 5.41) is 7.02. The summed E-state index contributed by atoms with van der Waals surface area (Å²) >= 11 is 1.49. The molecule has 1 atom stereocenters. The Balaban J connectivity index is 1.62. The SMILES string of the molecule is O=C1Nc2ccccc2C12CN=C(Nc1ccccc1)S2. The number of rotatable bonds is 1. The summed E-state index contributed by atoms with van der Waals surface area (Å²) in [7, 11) is 0. The van der Waals surface area contributed by atoms with Crippen molar-refractivity contribution in [3.8, 4) is 0 Å². The lowest BCUT2D eigenvalue weighted by molar-refractivity contribution is -0.117. The lowest BCUT2D eigenvalue weighted by Crippen LogP contribution is -2.32. The first kappa shape index (κ1) is 12.5. The summed E-state index contributed by atoms with van der Waals surface area (Å²) in [6.45, 7) is 0.468. The van der Waals surface area contributed by atoms with E-state index in [1.807, 2.05) is 54.6 Å². The Morgan fingerprint density at radius 3 is 2.71 bits per heavy atom. The number of benzene rings is 2. The van der Waals surface area contributed by atoms with Crippen molar-refractivity contribution in [2.75, 3.05) is 17.2 Å². The molecule has 21 heavy (non-hydrogen) atoms. The van der Waals surface area contributed by atoms with Gasteiger partial charge in [-0.2, -0.15) is 0 Å². The van der Waals surface area contributed by atoms with Crippen LogP contribution in [0.25, 0.3) is 0 Å². The van der Waals surface area contributed by atoms with E-state index in [1.54, 1.807) is 0 Å². The molecule has 2 aliphatic heterocycles. The summed E-state index contributed by atoms with van der Waals surface area (Å²) in [6, 6.07) is 17.7. The largest absolute Gasteiger partial charge is 0.335 e. The molecule has 2 N–H and O–H groups in total. The number of hydrogen-bond acceptors (Lipinski definition) is 4. The zero-order valence-corrected chi connectivity index (χ0v) is 12.0. The van der Waals surface area contributed by atoms with Gasteiger partial charge in [0.2, 0.25) is 5.91 Å². The number of nitrogens with one attached hydrogen (secondary N) is 2. The van der Waals surface area contributed by atoms with Gasteiger partial charge in [-0.15, -0.1) is 0 Å². The predicted octanol–water partition coefficient (Wildman–Crippen LogP) is 3.05. The van der Waals surface area contributed by atoms with Crippen molar-refractivity contribution in [3.63, 3.8) is 0 Å². The lowest BCUT2D eigenvalue weighted by Gasteiger charge is -2.19. The second-order valence-corrected chi connectivity index (χ2v) is 6.33. The van der Waals surface area contributed by atoms with Crippen LogP contribution in [0.15, 0.2) is 59.6 Å². The van der Waals surface area contributed by atoms with Crippen LogP contribution in [0.2, 0.25) is 0 Å². The van der Waals surface area contributed by atoms with Gasteiger partial charge in [-0.3, -0.25) is 9.79 Å². The molecule has 2 aromatic rings. The quantitative estimate of drug-likeness (QED) is 0.850. The van der Waals surface area contributed by atoms with Crippen LogP contribution in [0.4, 0.5) is 11.4 Å². The van der Waals surface area contributed by atoms with E-state index in [1.165, 1.54) is 11.8 Å². The molecule has 2 heterocycles. The summed E-state index contributed by atoms with van der Waals surface area (Å²) < 4.78 is -0.617. The minimum absolute atomic E-state index is 0.0160. The van der Waals surface area contributed by atoms with E-state index in [4.69, 9.17) is 0 Å². The summed E-state index contributed by atoms with van der Waals surface area (Å²) in [5.74, 6) is 0.0160. The zero-order chi connectivity index (χ0) is 14.3. The molecule has 5 heteroatoms. The average molecular weight is 295 g/mol. The van der Waals surface area contributed by atoms with E-state index in [0.717, 1.165) is 22.1 Å². The number of nitrogens with zero attached hydrogens (tertiary/aromatic N) is 1. The second-order valence-electron chi connectivity index (χ2n) is 5.04. The van der Waals surface area contributed by atoms with E-state index in [0.29, 0.717) is 6.54 Å². The molecule has 2 aliphatic rings. The summed E-state index contributed by atoms with van der Waals surface area (Å²) in [6.07, 6.45) is 0. The molecule has 0 saturated heterocycles. The van der Waals surface area contributed by atoms with Crippen LogP contribution in [0.1, 0.15) is 5.56 Å². The van der Waals surface area contributed by atoms with Gasteiger partial charge in [0.25, 0.3) is 0 Å². The fraction of sp³-hybridized carbons (Fsp3) is 0.125. The molecular weight excluding hydrogens is 282 g/mol. The molecule has 0 saturated carbocycles. The summed E-state index contributed by atoms with van der Waals surface area (Å²) in [5.41, 5.74) is 2.90. The topological polar surface area (TPSA) is 53.5 Å². The Bertz CT molecular complexity index is 744. The lowest BCUT2D eigenvalue weighted by atomic mass is 10.00. The Labute approximate surface area is 126 Å². The highest BCUT2D eigenvalue weighted by atomic mass is 32.2. The van der Waals surface area contributed by atoms with Crippen LogP contribution in [0, 0.1) is 0 Å². The minimum Gasteiger partial charge on any atom is -0.335 e. The van der Waals surface area contributed by atoms with Gasteiger partial charge in [0.05, 0.1) is 6.54 Å². The van der Waals surface area contributed by atoms with E-state index in [9.17, 15) is 4.79 Å². The van der Waals surface area contributed by atoms with Gasteiger partial charge in [-0.25, -0.2) is 0 Å². The van der Waals surface area contributed by atoms with Crippen molar-refractivity contribution in [2.45, 2.75) is 4.75 Å². The first-order chi connectivity index (χ1) is 10.3. The van der Waals surface area contributed by atoms with Crippen molar-refractivity contribution in [1.29, 1.82) is 0 Å². The first-order valence-electron chi connectivity index (χ1n) is 6.74. The number of anilines is 2. The Hall–Kier alpha value is -2.27. The van der Waals surface area contributed by atoms with Gasteiger partial charge < -0.3 is 10.6 Å². The van der Waals surface area contributed by atoms with E-state index < -0.39 is 4.75 Å². The van der Waals surface area contributed by atoms with Crippen LogP contribution in [-0.4, -0.2) is 17.6 Å². The van der Waals surface area contributed by atoms with Crippen molar-refractivity contribution < 1.29 is 4.79 Å². The number of amidine groups is 1.